The van der Waals surface area contributed by atoms with Gasteiger partial charge >= 0.3 is 0 Å². The fraction of sp³-hybridized carbons (Fsp3) is 0.286. The van der Waals surface area contributed by atoms with Crippen LogP contribution in [0.1, 0.15) is 12.2 Å². The predicted molar refractivity (Wildman–Crippen MR) is 107 cm³/mol. The Hall–Kier alpha value is -2.31. The number of hydrogen-bond donors (Lipinski definition) is 2. The lowest BCUT2D eigenvalue weighted by Crippen LogP contribution is -2.66. The summed E-state index contributed by atoms with van der Waals surface area (Å²) < 4.78 is 0.780. The first-order valence-corrected chi connectivity index (χ1v) is 7.71. The minimum atomic E-state index is -2.33. The highest BCUT2D eigenvalue weighted by molar-refractivity contribution is 6.61. The van der Waals surface area contributed by atoms with Gasteiger partial charge in [-0.05, 0) is 6.92 Å². The number of nitrogen functional groups attached to an aromatic ring is 1. The normalized spacial score (nSPS) is 22.0. The van der Waals surface area contributed by atoms with E-state index in [0.29, 0.717) is 0 Å². The van der Waals surface area contributed by atoms with Crippen LogP contribution in [0.2, 0.25) is 5.21 Å². The predicted octanol–water partition coefficient (Wildman–Crippen LogP) is -5.01. The van der Waals surface area contributed by atoms with Gasteiger partial charge in [-0.25, -0.2) is 4.98 Å². The van der Waals surface area contributed by atoms with Crippen molar-refractivity contribution in [1.29, 1.82) is 0 Å². The fourth-order valence-electron chi connectivity index (χ4n) is 3.22. The van der Waals surface area contributed by atoms with Crippen LogP contribution in [0.15, 0.2) is 4.79 Å². The molecule has 1 aromatic heterocycles. The standard InChI is InChI=1S/C14H8B6N4O3/c1-3-22-10-5(9(21)7(16)6(15)8(10)17)11(26)24(3)14(20)12(27)23-4(25)2-13(14,18)19/h2,21H2,1H3,(H,23,25,27). The van der Waals surface area contributed by atoms with Crippen molar-refractivity contribution >= 4 is 91.9 Å². The van der Waals surface area contributed by atoms with Crippen LogP contribution < -0.4 is 33.0 Å². The molecule has 1 unspecified atom stereocenters. The average molecular weight is 345 g/mol. The zero-order chi connectivity index (χ0) is 20.5. The molecule has 1 saturated heterocycles. The maximum absolute atomic E-state index is 13.2. The first-order valence-electron chi connectivity index (χ1n) is 7.71. The van der Waals surface area contributed by atoms with E-state index in [4.69, 9.17) is 52.8 Å². The summed E-state index contributed by atoms with van der Waals surface area (Å²) in [6.07, 6.45) is -0.513. The number of benzene rings is 1. The second-order valence-corrected chi connectivity index (χ2v) is 6.54. The van der Waals surface area contributed by atoms with Crippen molar-refractivity contribution < 1.29 is 9.59 Å². The molecular weight excluding hydrogens is 337 g/mol. The van der Waals surface area contributed by atoms with Crippen LogP contribution in [0.5, 0.6) is 0 Å². The van der Waals surface area contributed by atoms with Gasteiger partial charge in [0.05, 0.1) is 32.0 Å². The highest BCUT2D eigenvalue weighted by atomic mass is 16.2. The maximum Gasteiger partial charge on any atom is 0.263 e. The summed E-state index contributed by atoms with van der Waals surface area (Å²) >= 11 is 0. The molecule has 3 N–H and O–H groups in total. The van der Waals surface area contributed by atoms with E-state index in [0.717, 1.165) is 4.57 Å². The number of rotatable bonds is 1. The quantitative estimate of drug-likeness (QED) is 0.306. The molecule has 27 heavy (non-hydrogen) atoms. The number of nitrogens with zero attached hydrogens (tertiary/aromatic N) is 2. The van der Waals surface area contributed by atoms with E-state index in [1.54, 1.807) is 0 Å². The number of amides is 2. The number of piperidine rings is 1. The molecule has 2 aromatic rings. The third-order valence-electron chi connectivity index (χ3n) is 4.76. The monoisotopic (exact) mass is 346 g/mol. The lowest BCUT2D eigenvalue weighted by molar-refractivity contribution is -0.138. The van der Waals surface area contributed by atoms with Gasteiger partial charge in [0.15, 0.2) is 0 Å². The van der Waals surface area contributed by atoms with Crippen LogP contribution in [-0.4, -0.2) is 68.4 Å². The molecule has 7 nitrogen and oxygen atoms in total. The molecule has 1 aromatic carbocycles. The van der Waals surface area contributed by atoms with Crippen LogP contribution in [0, 0.1) is 6.92 Å². The van der Waals surface area contributed by atoms with Gasteiger partial charge in [-0.1, -0.05) is 16.1 Å². The van der Waals surface area contributed by atoms with Crippen molar-refractivity contribution in [2.45, 2.75) is 24.0 Å². The van der Waals surface area contributed by atoms with E-state index in [9.17, 15) is 14.4 Å². The Bertz CT molecular complexity index is 1100. The lowest BCUT2D eigenvalue weighted by Gasteiger charge is -2.48. The van der Waals surface area contributed by atoms with Gasteiger partial charge < -0.3 is 5.73 Å². The summed E-state index contributed by atoms with van der Waals surface area (Å²) in [6, 6.07) is 0. The first-order chi connectivity index (χ1) is 12.3. The summed E-state index contributed by atoms with van der Waals surface area (Å²) in [7, 11) is 35.6. The molecule has 0 spiro atoms. The molecule has 0 saturated carbocycles. The van der Waals surface area contributed by atoms with Crippen molar-refractivity contribution in [1.82, 2.24) is 14.9 Å². The number of anilines is 1. The summed E-state index contributed by atoms with van der Waals surface area (Å²) in [5.41, 5.74) is 2.36. The van der Waals surface area contributed by atoms with E-state index in [-0.39, 0.29) is 38.8 Å². The zero-order valence-electron chi connectivity index (χ0n) is 14.4. The van der Waals surface area contributed by atoms with E-state index < -0.39 is 34.4 Å². The largest absolute Gasteiger partial charge is 0.399 e. The SMILES string of the molecule is [B]c1c([B])c(N)c2c(=O)n(C3([B])C(=O)NC(=O)CC3([B])[B])c(C)nc2c1[B]. The Balaban J connectivity index is 2.49. The highest BCUT2D eigenvalue weighted by Crippen LogP contribution is 2.42. The lowest BCUT2D eigenvalue weighted by atomic mass is 9.37. The van der Waals surface area contributed by atoms with Crippen molar-refractivity contribution in [3.63, 3.8) is 0 Å². The molecule has 13 heteroatoms. The molecule has 3 rings (SSSR count). The minimum absolute atomic E-state index is 0.00603. The number of imide groups is 1. The number of aromatic nitrogens is 2. The average Bonchev–Trinajstić information content (AvgIpc) is 2.55. The summed E-state index contributed by atoms with van der Waals surface area (Å²) in [5.74, 6) is -1.84. The number of fused-ring (bicyclic) bond motifs is 1. The van der Waals surface area contributed by atoms with Crippen LogP contribution in [-0.2, 0) is 15.0 Å². The third kappa shape index (κ3) is 2.43. The zero-order valence-corrected chi connectivity index (χ0v) is 14.4. The Labute approximate surface area is 162 Å². The van der Waals surface area contributed by atoms with Crippen molar-refractivity contribution in [3.8, 4) is 0 Å². The van der Waals surface area contributed by atoms with Gasteiger partial charge in [0.25, 0.3) is 5.56 Å². The van der Waals surface area contributed by atoms with Gasteiger partial charge in [-0.3, -0.25) is 24.3 Å². The molecule has 120 valence electrons. The molecule has 1 aliphatic heterocycles. The van der Waals surface area contributed by atoms with Crippen LogP contribution >= 0.6 is 0 Å². The molecule has 2 amide bonds. The third-order valence-corrected chi connectivity index (χ3v) is 4.76. The number of aryl methyl sites for hydroxylation is 1. The van der Waals surface area contributed by atoms with Crippen LogP contribution in [0.3, 0.4) is 0 Å². The topological polar surface area (TPSA) is 107 Å². The van der Waals surface area contributed by atoms with Crippen molar-refractivity contribution in [2.24, 2.45) is 0 Å². The Morgan fingerprint density at radius 1 is 1.07 bits per heavy atom. The van der Waals surface area contributed by atoms with E-state index in [1.165, 1.54) is 6.92 Å². The molecule has 12 radical (unpaired) electrons. The van der Waals surface area contributed by atoms with Gasteiger partial charge in [-0.2, -0.15) is 0 Å². The van der Waals surface area contributed by atoms with Crippen LogP contribution in [0.25, 0.3) is 10.9 Å². The second kappa shape index (κ2) is 5.84. The smallest absolute Gasteiger partial charge is 0.263 e. The number of hydrogen-bond acceptors (Lipinski definition) is 5. The molecular formula is C14H8B6N4O3. The molecule has 1 aliphatic rings. The van der Waals surface area contributed by atoms with E-state index in [2.05, 4.69) is 4.98 Å². The number of carbonyl (C=O) groups excluding carboxylic acids is 2. The Kier molecular flexibility index (Phi) is 4.21. The van der Waals surface area contributed by atoms with Gasteiger partial charge in [0.1, 0.15) is 37.2 Å². The summed E-state index contributed by atoms with van der Waals surface area (Å²) in [5, 5.41) is -0.264. The highest BCUT2D eigenvalue weighted by Gasteiger charge is 2.53. The second-order valence-electron chi connectivity index (χ2n) is 6.54. The van der Waals surface area contributed by atoms with Crippen molar-refractivity contribution in [3.05, 3.63) is 16.2 Å². The number of carbonyl (C=O) groups is 2. The fourth-order valence-corrected chi connectivity index (χ4v) is 3.22. The molecule has 0 aliphatic carbocycles. The summed E-state index contributed by atoms with van der Waals surface area (Å²) in [4.78, 5) is 41.6. The molecule has 0 bridgehead atoms. The molecule has 1 fully saturated rings. The van der Waals surface area contributed by atoms with Gasteiger partial charge in [0, 0.05) is 12.1 Å². The van der Waals surface area contributed by atoms with Gasteiger partial charge in [0.2, 0.25) is 11.8 Å². The first kappa shape index (κ1) is 19.5. The van der Waals surface area contributed by atoms with Crippen molar-refractivity contribution in [2.75, 3.05) is 5.73 Å². The van der Waals surface area contributed by atoms with Gasteiger partial charge in [-0.15, -0.1) is 5.46 Å². The summed E-state index contributed by atoms with van der Waals surface area (Å²) in [6.45, 7) is 1.39. The van der Waals surface area contributed by atoms with E-state index >= 15 is 0 Å². The van der Waals surface area contributed by atoms with E-state index in [1.807, 2.05) is 5.32 Å². The van der Waals surface area contributed by atoms with Crippen LogP contribution in [0.4, 0.5) is 5.69 Å². The Morgan fingerprint density at radius 2 is 1.67 bits per heavy atom. The minimum Gasteiger partial charge on any atom is -0.399 e. The number of nitrogens with one attached hydrogen (secondary N) is 1. The molecule has 1 atom stereocenters. The maximum atomic E-state index is 13.2. The Morgan fingerprint density at radius 3 is 2.22 bits per heavy atom. The molecule has 2 heterocycles. The number of nitrogens with two attached hydrogens (primary N) is 1.